The summed E-state index contributed by atoms with van der Waals surface area (Å²) in [7, 11) is 1.67. The average Bonchev–Trinajstić information content (AvgIpc) is 2.88. The van der Waals surface area contributed by atoms with Gasteiger partial charge in [-0.1, -0.05) is 93.6 Å². The third-order valence-corrected chi connectivity index (χ3v) is 7.22. The van der Waals surface area contributed by atoms with Gasteiger partial charge in [-0.15, -0.1) is 0 Å². The first kappa shape index (κ1) is 30.1. The lowest BCUT2D eigenvalue weighted by molar-refractivity contribution is -0.126. The van der Waals surface area contributed by atoms with Gasteiger partial charge in [0.05, 0.1) is 12.1 Å². The van der Waals surface area contributed by atoms with E-state index in [-0.39, 0.29) is 24.9 Å². The number of hydrogen-bond acceptors (Lipinski definition) is 4. The molecule has 1 aromatic rings. The SMILES string of the molecule is C=C(Cl)CN(C(=O)OCc1ccccc1)[C@@]1(CCCOC)CCCC[C@H]1C(=O)/C=C/CCCCCC. The van der Waals surface area contributed by atoms with Crippen molar-refractivity contribution in [2.75, 3.05) is 20.3 Å². The number of carbonyl (C=O) groups is 2. The van der Waals surface area contributed by atoms with Gasteiger partial charge < -0.3 is 9.47 Å². The molecule has 1 aliphatic rings. The number of ketones is 1. The van der Waals surface area contributed by atoms with Crippen LogP contribution in [0.25, 0.3) is 0 Å². The summed E-state index contributed by atoms with van der Waals surface area (Å²) in [6.45, 7) is 6.93. The number of carbonyl (C=O) groups excluding carboxylic acids is 2. The number of ether oxygens (including phenoxy) is 2. The number of amides is 1. The van der Waals surface area contributed by atoms with E-state index in [1.54, 1.807) is 18.1 Å². The van der Waals surface area contributed by atoms with E-state index in [0.717, 1.165) is 50.5 Å². The van der Waals surface area contributed by atoms with Gasteiger partial charge in [0.2, 0.25) is 0 Å². The van der Waals surface area contributed by atoms with Gasteiger partial charge in [0.1, 0.15) is 6.61 Å². The zero-order chi connectivity index (χ0) is 26.2. The first-order valence-corrected chi connectivity index (χ1v) is 13.8. The molecular weight excluding hydrogens is 474 g/mol. The summed E-state index contributed by atoms with van der Waals surface area (Å²) in [5.41, 5.74) is 0.220. The topological polar surface area (TPSA) is 55.8 Å². The molecule has 1 aliphatic carbocycles. The van der Waals surface area contributed by atoms with Gasteiger partial charge in [0.25, 0.3) is 0 Å². The Balaban J connectivity index is 2.30. The Hall–Kier alpha value is -2.11. The van der Waals surface area contributed by atoms with Crippen molar-refractivity contribution in [3.05, 3.63) is 59.7 Å². The highest BCUT2D eigenvalue weighted by Crippen LogP contribution is 2.44. The van der Waals surface area contributed by atoms with Crippen LogP contribution >= 0.6 is 11.6 Å². The van der Waals surface area contributed by atoms with Gasteiger partial charge >= 0.3 is 6.09 Å². The fourth-order valence-corrected chi connectivity index (χ4v) is 5.41. The lowest BCUT2D eigenvalue weighted by Crippen LogP contribution is -2.60. The van der Waals surface area contributed by atoms with Crippen LogP contribution < -0.4 is 0 Å². The predicted molar refractivity (Wildman–Crippen MR) is 147 cm³/mol. The molecule has 6 heteroatoms. The largest absolute Gasteiger partial charge is 0.445 e. The van der Waals surface area contributed by atoms with E-state index in [0.29, 0.717) is 18.1 Å². The molecule has 0 aromatic heterocycles. The minimum absolute atomic E-state index is 0.0867. The number of benzene rings is 1. The highest BCUT2D eigenvalue weighted by atomic mass is 35.5. The van der Waals surface area contributed by atoms with Crippen molar-refractivity contribution in [2.45, 2.75) is 89.7 Å². The summed E-state index contributed by atoms with van der Waals surface area (Å²) >= 11 is 6.28. The molecule has 200 valence electrons. The summed E-state index contributed by atoms with van der Waals surface area (Å²) in [6, 6.07) is 9.60. The van der Waals surface area contributed by atoms with Gasteiger partial charge in [0, 0.05) is 24.7 Å². The van der Waals surface area contributed by atoms with Crippen LogP contribution in [0.4, 0.5) is 4.79 Å². The maximum absolute atomic E-state index is 13.6. The molecule has 36 heavy (non-hydrogen) atoms. The Morgan fingerprint density at radius 1 is 1.17 bits per heavy atom. The van der Waals surface area contributed by atoms with Gasteiger partial charge in [0.15, 0.2) is 5.78 Å². The second kappa shape index (κ2) is 16.6. The smallest absolute Gasteiger partial charge is 0.410 e. The lowest BCUT2D eigenvalue weighted by Gasteiger charge is -2.50. The summed E-state index contributed by atoms with van der Waals surface area (Å²) in [5, 5.41) is 0.348. The van der Waals surface area contributed by atoms with Gasteiger partial charge in [-0.05, 0) is 50.2 Å². The molecule has 1 aromatic carbocycles. The van der Waals surface area contributed by atoms with Gasteiger partial charge in [-0.25, -0.2) is 4.79 Å². The minimum atomic E-state index is -0.688. The normalized spacial score (nSPS) is 19.8. The Labute approximate surface area is 222 Å². The molecule has 0 bridgehead atoms. The van der Waals surface area contributed by atoms with E-state index in [2.05, 4.69) is 13.5 Å². The monoisotopic (exact) mass is 517 g/mol. The van der Waals surface area contributed by atoms with Crippen molar-refractivity contribution in [3.63, 3.8) is 0 Å². The maximum Gasteiger partial charge on any atom is 0.410 e. The molecule has 2 rings (SSSR count). The van der Waals surface area contributed by atoms with E-state index in [1.165, 1.54) is 19.3 Å². The standard InChI is InChI=1S/C30H44ClNO4/c1-4-5-6-7-8-12-19-28(33)27-18-13-14-20-30(27,21-15-22-35-3)32(23-25(2)31)29(34)36-24-26-16-10-9-11-17-26/h9-12,16-17,19,27H,2,4-8,13-15,18,20-24H2,1,3H3/b19-12+/t27-,30+/m0/s1. The molecule has 1 fully saturated rings. The number of unbranched alkanes of at least 4 members (excludes halogenated alkanes) is 4. The first-order valence-electron chi connectivity index (χ1n) is 13.5. The minimum Gasteiger partial charge on any atom is -0.445 e. The second-order valence-electron chi connectivity index (χ2n) is 9.80. The highest BCUT2D eigenvalue weighted by Gasteiger charge is 2.50. The van der Waals surface area contributed by atoms with E-state index < -0.39 is 11.6 Å². The number of methoxy groups -OCH3 is 1. The van der Waals surface area contributed by atoms with Crippen LogP contribution in [0, 0.1) is 5.92 Å². The van der Waals surface area contributed by atoms with E-state index in [9.17, 15) is 9.59 Å². The van der Waals surface area contributed by atoms with Crippen LogP contribution in [-0.4, -0.2) is 42.6 Å². The van der Waals surface area contributed by atoms with Crippen molar-refractivity contribution in [1.82, 2.24) is 4.90 Å². The van der Waals surface area contributed by atoms with Crippen LogP contribution in [0.5, 0.6) is 0 Å². The van der Waals surface area contributed by atoms with Crippen molar-refractivity contribution in [3.8, 4) is 0 Å². The molecule has 1 saturated carbocycles. The fraction of sp³-hybridized carbons (Fsp3) is 0.600. The molecule has 0 N–H and O–H groups in total. The molecule has 0 saturated heterocycles. The lowest BCUT2D eigenvalue weighted by atomic mass is 9.67. The quantitative estimate of drug-likeness (QED) is 0.165. The fourth-order valence-electron chi connectivity index (χ4n) is 5.29. The molecule has 0 unspecified atom stereocenters. The highest BCUT2D eigenvalue weighted by molar-refractivity contribution is 6.29. The van der Waals surface area contributed by atoms with Crippen LogP contribution in [0.2, 0.25) is 0 Å². The summed E-state index contributed by atoms with van der Waals surface area (Å²) in [6.07, 6.45) is 13.6. The Morgan fingerprint density at radius 2 is 1.94 bits per heavy atom. The molecular formula is C30H44ClNO4. The number of nitrogens with zero attached hydrogens (tertiary/aromatic N) is 1. The molecule has 5 nitrogen and oxygen atoms in total. The Morgan fingerprint density at radius 3 is 2.64 bits per heavy atom. The Bertz CT molecular complexity index is 841. The average molecular weight is 518 g/mol. The van der Waals surface area contributed by atoms with Gasteiger partial charge in [-0.3, -0.25) is 9.69 Å². The third-order valence-electron chi connectivity index (χ3n) is 7.10. The predicted octanol–water partition coefficient (Wildman–Crippen LogP) is 7.83. The molecule has 0 radical (unpaired) electrons. The van der Waals surface area contributed by atoms with E-state index >= 15 is 0 Å². The van der Waals surface area contributed by atoms with Gasteiger partial charge in [-0.2, -0.15) is 0 Å². The van der Waals surface area contributed by atoms with Crippen molar-refractivity contribution >= 4 is 23.5 Å². The van der Waals surface area contributed by atoms with Crippen molar-refractivity contribution in [1.29, 1.82) is 0 Å². The van der Waals surface area contributed by atoms with Crippen LogP contribution in [0.3, 0.4) is 0 Å². The maximum atomic E-state index is 13.6. The van der Waals surface area contributed by atoms with E-state index in [1.807, 2.05) is 36.4 Å². The summed E-state index contributed by atoms with van der Waals surface area (Å²) in [5.74, 6) is -0.223. The van der Waals surface area contributed by atoms with Crippen LogP contribution in [0.1, 0.15) is 83.1 Å². The number of allylic oxidation sites excluding steroid dienone is 2. The van der Waals surface area contributed by atoms with Crippen LogP contribution in [0.15, 0.2) is 54.1 Å². The number of hydrogen-bond donors (Lipinski definition) is 0. The second-order valence-corrected chi connectivity index (χ2v) is 10.3. The van der Waals surface area contributed by atoms with Crippen molar-refractivity contribution in [2.24, 2.45) is 5.92 Å². The summed E-state index contributed by atoms with van der Waals surface area (Å²) < 4.78 is 11.1. The summed E-state index contributed by atoms with van der Waals surface area (Å²) in [4.78, 5) is 28.8. The van der Waals surface area contributed by atoms with E-state index in [4.69, 9.17) is 21.1 Å². The first-order chi connectivity index (χ1) is 17.4. The van der Waals surface area contributed by atoms with Crippen molar-refractivity contribution < 1.29 is 19.1 Å². The zero-order valence-electron chi connectivity index (χ0n) is 22.2. The van der Waals surface area contributed by atoms with Crippen LogP contribution in [-0.2, 0) is 20.9 Å². The molecule has 0 aliphatic heterocycles. The molecule has 0 spiro atoms. The zero-order valence-corrected chi connectivity index (χ0v) is 22.9. The number of halogens is 1. The molecule has 1 amide bonds. The molecule has 2 atom stereocenters. The molecule has 0 heterocycles. The Kier molecular flexibility index (Phi) is 13.9. The number of rotatable bonds is 16. The third kappa shape index (κ3) is 9.40.